The van der Waals surface area contributed by atoms with E-state index in [4.69, 9.17) is 4.74 Å². The number of ether oxygens (including phenoxy) is 1. The first-order chi connectivity index (χ1) is 17.1. The predicted octanol–water partition coefficient (Wildman–Crippen LogP) is 4.83. The predicted molar refractivity (Wildman–Crippen MR) is 130 cm³/mol. The molecule has 2 aromatic carbocycles. The molecule has 0 saturated carbocycles. The first-order valence-corrected chi connectivity index (χ1v) is 11.8. The number of fused-ring (bicyclic) bond motifs is 1. The number of carbonyl (C=O) groups is 2. The molecule has 0 bridgehead atoms. The van der Waals surface area contributed by atoms with E-state index >= 15 is 0 Å². The first-order valence-electron chi connectivity index (χ1n) is 11.8. The number of nitrogens with zero attached hydrogens (tertiary/aromatic N) is 2. The lowest BCUT2D eigenvalue weighted by atomic mass is 9.65. The number of piperazine rings is 1. The number of halogens is 3. The molecule has 0 radical (unpaired) electrons. The fourth-order valence-electron chi connectivity index (χ4n) is 5.99. The molecule has 2 heterocycles. The molecule has 192 valence electrons. The smallest absolute Gasteiger partial charge is 0.416 e. The maximum absolute atomic E-state index is 13.9. The first kappa shape index (κ1) is 25.6. The average Bonchev–Trinajstić information content (AvgIpc) is 3.24. The minimum atomic E-state index is -4.60. The summed E-state index contributed by atoms with van der Waals surface area (Å²) in [6, 6.07) is 10.3. The Hall–Kier alpha value is -3.49. The molecule has 0 aliphatic carbocycles. The summed E-state index contributed by atoms with van der Waals surface area (Å²) in [7, 11) is 2.83. The summed E-state index contributed by atoms with van der Waals surface area (Å²) >= 11 is 0. The van der Waals surface area contributed by atoms with E-state index in [9.17, 15) is 22.8 Å². The van der Waals surface area contributed by atoms with Gasteiger partial charge in [-0.1, -0.05) is 30.3 Å². The molecule has 3 amide bonds. The molecule has 2 saturated heterocycles. The van der Waals surface area contributed by atoms with Crippen LogP contribution in [-0.2, 0) is 16.5 Å². The number of hydrogen-bond donors (Lipinski definition) is 1. The number of hydrogen-bond acceptors (Lipinski definition) is 3. The van der Waals surface area contributed by atoms with E-state index in [0.29, 0.717) is 24.9 Å². The maximum Gasteiger partial charge on any atom is 0.416 e. The van der Waals surface area contributed by atoms with Crippen molar-refractivity contribution in [2.24, 2.45) is 0 Å². The van der Waals surface area contributed by atoms with Gasteiger partial charge in [-0.05, 0) is 48.2 Å². The van der Waals surface area contributed by atoms with Gasteiger partial charge in [-0.3, -0.25) is 4.79 Å². The van der Waals surface area contributed by atoms with Crippen LogP contribution in [0.15, 0.2) is 55.1 Å². The van der Waals surface area contributed by atoms with Crippen LogP contribution in [0.3, 0.4) is 0 Å². The van der Waals surface area contributed by atoms with Crippen LogP contribution in [0.1, 0.15) is 41.0 Å². The fourth-order valence-corrected chi connectivity index (χ4v) is 5.99. The van der Waals surface area contributed by atoms with Gasteiger partial charge in [0.15, 0.2) is 0 Å². The topological polar surface area (TPSA) is 61.9 Å². The Bertz CT molecular complexity index is 1180. The lowest BCUT2D eigenvalue weighted by molar-refractivity contribution is -0.137. The van der Waals surface area contributed by atoms with E-state index < -0.39 is 29.2 Å². The van der Waals surface area contributed by atoms with E-state index in [0.717, 1.165) is 23.3 Å². The summed E-state index contributed by atoms with van der Waals surface area (Å²) in [6.07, 6.45) is -2.26. The van der Waals surface area contributed by atoms with Gasteiger partial charge in [0.1, 0.15) is 11.3 Å². The summed E-state index contributed by atoms with van der Waals surface area (Å²) in [5, 5.41) is 2.70. The SMILES string of the molecule is C=C[C@H](c1cc(OC)cc(C(F)(F)F)c1)C1(c2ccccc2C)C2CCC(=O)N2CCN1C(=O)NC. The molecular formula is C27H30F3N3O3. The van der Waals surface area contributed by atoms with Crippen molar-refractivity contribution in [3.63, 3.8) is 0 Å². The highest BCUT2D eigenvalue weighted by Gasteiger charge is 2.59. The van der Waals surface area contributed by atoms with Gasteiger partial charge in [0, 0.05) is 32.5 Å². The molecular weight excluding hydrogens is 471 g/mol. The molecule has 2 unspecified atom stereocenters. The van der Waals surface area contributed by atoms with Crippen molar-refractivity contribution in [2.45, 2.75) is 43.4 Å². The second-order valence-electron chi connectivity index (χ2n) is 9.19. The highest BCUT2D eigenvalue weighted by atomic mass is 19.4. The zero-order valence-corrected chi connectivity index (χ0v) is 20.6. The molecule has 0 spiro atoms. The molecule has 36 heavy (non-hydrogen) atoms. The van der Waals surface area contributed by atoms with Crippen molar-refractivity contribution in [2.75, 3.05) is 27.2 Å². The van der Waals surface area contributed by atoms with Crippen molar-refractivity contribution >= 4 is 11.9 Å². The van der Waals surface area contributed by atoms with Gasteiger partial charge in [0.2, 0.25) is 5.91 Å². The number of alkyl halides is 3. The van der Waals surface area contributed by atoms with Gasteiger partial charge in [-0.25, -0.2) is 4.79 Å². The minimum absolute atomic E-state index is 0.0287. The van der Waals surface area contributed by atoms with Crippen LogP contribution in [0.2, 0.25) is 0 Å². The number of carbonyl (C=O) groups excluding carboxylic acids is 2. The standard InChI is InChI=1S/C27H30F3N3O3/c1-5-21(18-14-19(27(28,29)30)16-20(15-18)36-4)26(22-9-7-6-8-17(22)2)23-10-11-24(34)32(23)12-13-33(26)25(35)31-3/h5-9,14-16,21,23H,1,10-13H2,2-4H3,(H,31,35)/t21-,23?,26?/m1/s1. The Morgan fingerprint density at radius 3 is 2.58 bits per heavy atom. The molecule has 9 heteroatoms. The van der Waals surface area contributed by atoms with Gasteiger partial charge in [-0.2, -0.15) is 13.2 Å². The van der Waals surface area contributed by atoms with Crippen LogP contribution < -0.4 is 10.1 Å². The van der Waals surface area contributed by atoms with Gasteiger partial charge in [0.05, 0.1) is 18.7 Å². The van der Waals surface area contributed by atoms with Crippen LogP contribution in [0.4, 0.5) is 18.0 Å². The van der Waals surface area contributed by atoms with Crippen LogP contribution in [0.25, 0.3) is 0 Å². The van der Waals surface area contributed by atoms with E-state index in [-0.39, 0.29) is 24.2 Å². The van der Waals surface area contributed by atoms with E-state index in [1.165, 1.54) is 14.2 Å². The lowest BCUT2D eigenvalue weighted by Crippen LogP contribution is -2.69. The Kier molecular flexibility index (Phi) is 6.77. The number of urea groups is 1. The zero-order chi connectivity index (χ0) is 26.3. The summed E-state index contributed by atoms with van der Waals surface area (Å²) in [5.41, 5.74) is -0.134. The molecule has 2 aliphatic rings. The number of nitrogens with one attached hydrogen (secondary N) is 1. The Balaban J connectivity index is 2.08. The summed E-state index contributed by atoms with van der Waals surface area (Å²) in [4.78, 5) is 29.8. The van der Waals surface area contributed by atoms with Crippen LogP contribution >= 0.6 is 0 Å². The number of aryl methyl sites for hydroxylation is 1. The van der Waals surface area contributed by atoms with E-state index in [2.05, 4.69) is 11.9 Å². The molecule has 3 atom stereocenters. The lowest BCUT2D eigenvalue weighted by Gasteiger charge is -2.57. The normalized spacial score (nSPS) is 22.7. The summed E-state index contributed by atoms with van der Waals surface area (Å²) in [6.45, 7) is 6.50. The molecule has 2 fully saturated rings. The molecule has 0 aromatic heterocycles. The van der Waals surface area contributed by atoms with Crippen LogP contribution in [-0.4, -0.2) is 55.0 Å². The molecule has 1 N–H and O–H groups in total. The van der Waals surface area contributed by atoms with Crippen molar-refractivity contribution in [3.8, 4) is 5.75 Å². The number of methoxy groups -OCH3 is 1. The molecule has 2 aliphatic heterocycles. The second-order valence-corrected chi connectivity index (χ2v) is 9.19. The highest BCUT2D eigenvalue weighted by molar-refractivity contribution is 5.82. The second kappa shape index (κ2) is 9.52. The Morgan fingerprint density at radius 2 is 1.97 bits per heavy atom. The molecule has 6 nitrogen and oxygen atoms in total. The Labute approximate surface area is 208 Å². The third-order valence-corrected chi connectivity index (χ3v) is 7.44. The minimum Gasteiger partial charge on any atom is -0.497 e. The van der Waals surface area contributed by atoms with Crippen molar-refractivity contribution in [1.82, 2.24) is 15.1 Å². The summed E-state index contributed by atoms with van der Waals surface area (Å²) < 4.78 is 46.9. The molecule has 4 rings (SSSR count). The number of amides is 3. The van der Waals surface area contributed by atoms with Crippen molar-refractivity contribution in [3.05, 3.63) is 77.4 Å². The maximum atomic E-state index is 13.9. The highest BCUT2D eigenvalue weighted by Crippen LogP contribution is 2.53. The largest absolute Gasteiger partial charge is 0.497 e. The van der Waals surface area contributed by atoms with Gasteiger partial charge < -0.3 is 19.9 Å². The van der Waals surface area contributed by atoms with Crippen LogP contribution in [0.5, 0.6) is 5.75 Å². The Morgan fingerprint density at radius 1 is 1.25 bits per heavy atom. The molecule has 2 aromatic rings. The number of benzene rings is 2. The average molecular weight is 502 g/mol. The van der Waals surface area contributed by atoms with Gasteiger partial charge >= 0.3 is 12.2 Å². The van der Waals surface area contributed by atoms with Gasteiger partial charge in [0.25, 0.3) is 0 Å². The summed E-state index contributed by atoms with van der Waals surface area (Å²) in [5.74, 6) is -0.766. The van der Waals surface area contributed by atoms with Crippen molar-refractivity contribution in [1.29, 1.82) is 0 Å². The quantitative estimate of drug-likeness (QED) is 0.597. The zero-order valence-electron chi connectivity index (χ0n) is 20.6. The fraction of sp³-hybridized carbons (Fsp3) is 0.407. The van der Waals surface area contributed by atoms with Crippen LogP contribution in [0, 0.1) is 6.92 Å². The van der Waals surface area contributed by atoms with Crippen molar-refractivity contribution < 1.29 is 27.5 Å². The third kappa shape index (κ3) is 4.00. The van der Waals surface area contributed by atoms with Gasteiger partial charge in [-0.15, -0.1) is 6.58 Å². The third-order valence-electron chi connectivity index (χ3n) is 7.44. The van der Waals surface area contributed by atoms with E-state index in [1.807, 2.05) is 31.2 Å². The van der Waals surface area contributed by atoms with E-state index in [1.54, 1.807) is 21.9 Å². The monoisotopic (exact) mass is 501 g/mol. The number of rotatable bonds is 5.